The first-order valence-corrected chi connectivity index (χ1v) is 19.6. The molecule has 8 atom stereocenters. The van der Waals surface area contributed by atoms with Gasteiger partial charge in [0.2, 0.25) is 0 Å². The van der Waals surface area contributed by atoms with Crippen LogP contribution in [-0.2, 0) is 25.7 Å². The van der Waals surface area contributed by atoms with Crippen molar-refractivity contribution in [3.63, 3.8) is 0 Å². The van der Waals surface area contributed by atoms with Crippen LogP contribution in [-0.4, -0.2) is 49.3 Å². The molecule has 5 aliphatic heterocycles. The zero-order valence-electron chi connectivity index (χ0n) is 25.9. The van der Waals surface area contributed by atoms with Gasteiger partial charge in [-0.15, -0.1) is 0 Å². The maximum atomic E-state index is 8.50. The van der Waals surface area contributed by atoms with Gasteiger partial charge in [0.25, 0.3) is 0 Å². The maximum absolute atomic E-state index is 8.50. The van der Waals surface area contributed by atoms with Crippen LogP contribution in [0.5, 0.6) is 0 Å². The molecule has 8 unspecified atom stereocenters. The Bertz CT molecular complexity index is 810. The van der Waals surface area contributed by atoms with E-state index in [-0.39, 0.29) is 0 Å². The van der Waals surface area contributed by atoms with Crippen molar-refractivity contribution in [1.82, 2.24) is 42.5 Å². The minimum atomic E-state index is -2.00. The van der Waals surface area contributed by atoms with E-state index in [2.05, 4.69) is 42.5 Å². The van der Waals surface area contributed by atoms with Crippen LogP contribution in [0, 0.1) is 47.3 Å². The number of fused-ring (bicyclic) bond motifs is 20. The van der Waals surface area contributed by atoms with Gasteiger partial charge in [0.15, 0.2) is 0 Å². The predicted octanol–water partition coefficient (Wildman–Crippen LogP) is 2.37. The van der Waals surface area contributed by atoms with Crippen molar-refractivity contribution in [2.24, 2.45) is 47.3 Å². The minimum absolute atomic E-state index is 0.420. The number of hydrogen-bond donors (Lipinski definition) is 8. The Morgan fingerprint density at radius 1 is 0.279 bits per heavy atom. The van der Waals surface area contributed by atoms with Gasteiger partial charge in [-0.05, 0) is 98.7 Å². The first-order chi connectivity index (χ1) is 21.2. The first kappa shape index (κ1) is 30.3. The molecule has 0 amide bonds. The van der Waals surface area contributed by atoms with Gasteiger partial charge in [0.05, 0.1) is 49.3 Å². The summed E-state index contributed by atoms with van der Waals surface area (Å²) in [5.41, 5.74) is 0. The van der Waals surface area contributed by atoms with Crippen molar-refractivity contribution in [2.45, 2.75) is 152 Å². The zero-order chi connectivity index (χ0) is 28.9. The Labute approximate surface area is 266 Å². The van der Waals surface area contributed by atoms with E-state index in [1.807, 2.05) is 0 Å². The number of nitrogens with one attached hydrogen (secondary N) is 8. The average Bonchev–Trinajstić information content (AvgIpc) is 3.77. The predicted molar refractivity (Wildman–Crippen MR) is 159 cm³/mol. The molecule has 9 aliphatic rings. The third-order valence-corrected chi connectivity index (χ3v) is 13.8. The molecular weight excluding hydrogens is 576 g/mol. The summed E-state index contributed by atoms with van der Waals surface area (Å²) in [6.07, 6.45) is 25.6. The van der Waals surface area contributed by atoms with Gasteiger partial charge < -0.3 is 0 Å². The molecule has 0 spiro atoms. The zero-order valence-corrected chi connectivity index (χ0v) is 27.4. The summed E-state index contributed by atoms with van der Waals surface area (Å²) in [6, 6.07) is 0. The molecule has 0 aromatic rings. The van der Waals surface area contributed by atoms with Gasteiger partial charge >= 0.3 is 25.7 Å². The fraction of sp³-hybridized carbons (Fsp3) is 1.00. The normalized spacial score (nSPS) is 53.8. The molecule has 0 radical (unpaired) electrons. The van der Waals surface area contributed by atoms with E-state index in [9.17, 15) is 0 Å². The van der Waals surface area contributed by atoms with Gasteiger partial charge in [0.1, 0.15) is 0 Å². The van der Waals surface area contributed by atoms with Crippen molar-refractivity contribution in [1.29, 1.82) is 0 Å². The Hall–Kier alpha value is -0.00571. The summed E-state index contributed by atoms with van der Waals surface area (Å²) >= 11 is -2.00. The molecule has 240 valence electrons. The average molecular weight is 633 g/mol. The topological polar surface area (TPSA) is 130 Å². The quantitative estimate of drug-likeness (QED) is 0.189. The van der Waals surface area contributed by atoms with Gasteiger partial charge in [-0.2, -0.15) is 0 Å². The van der Waals surface area contributed by atoms with E-state index in [0.717, 1.165) is 47.3 Å². The molecule has 9 fully saturated rings. The fourth-order valence-corrected chi connectivity index (χ4v) is 12.0. The summed E-state index contributed by atoms with van der Waals surface area (Å²) in [6.45, 7) is 0. The molecule has 8 N–H and O–H groups in total. The second-order valence-electron chi connectivity index (χ2n) is 15.7. The van der Waals surface area contributed by atoms with Crippen LogP contribution >= 0.6 is 0 Å². The van der Waals surface area contributed by atoms with Crippen LogP contribution in [0.2, 0.25) is 0 Å². The van der Waals surface area contributed by atoms with E-state index in [0.29, 0.717) is 49.3 Å². The van der Waals surface area contributed by atoms with Crippen molar-refractivity contribution < 1.29 is 25.7 Å². The summed E-state index contributed by atoms with van der Waals surface area (Å²) in [7, 11) is 0. The molecule has 43 heavy (non-hydrogen) atoms. The molecule has 5 saturated heterocycles. The standard InChI is InChI=1S/C32H56N8.2O.Ti/c1-2-10-18-17(9-1)25-33-26(18)38-28-21-13-5-6-14-22(21)30(35-28)40-32-24-16-8-7-15-23(24)31(36-32)39-29-20-12-4-3-11-19(20)27(34-29)37-25;;;/h17-40H,1-16H2;;;. The first-order valence-electron chi connectivity index (χ1n) is 18.3. The molecule has 4 aliphatic carbocycles. The SMILES string of the molecule is C1CCC2C3NC(NC4NC(NC5NC(NC6NC(N3)C3CCCCC63)C3CCCCC53)C3CCCCC43)C2C1.[O]=[Ti]=[O]. The fourth-order valence-electron chi connectivity index (χ4n) is 12.0. The van der Waals surface area contributed by atoms with Gasteiger partial charge in [-0.3, -0.25) is 42.5 Å². The van der Waals surface area contributed by atoms with E-state index < -0.39 is 19.1 Å². The second kappa shape index (κ2) is 13.2. The Morgan fingerprint density at radius 3 is 0.512 bits per heavy atom. The molecule has 8 bridgehead atoms. The molecule has 0 aromatic carbocycles. The van der Waals surface area contributed by atoms with Crippen LogP contribution in [0.25, 0.3) is 0 Å². The number of hydrogen-bond acceptors (Lipinski definition) is 10. The van der Waals surface area contributed by atoms with Crippen LogP contribution < -0.4 is 42.5 Å². The van der Waals surface area contributed by atoms with E-state index >= 15 is 0 Å². The van der Waals surface area contributed by atoms with Gasteiger partial charge in [-0.25, -0.2) is 0 Å². The molecule has 10 nitrogen and oxygen atoms in total. The van der Waals surface area contributed by atoms with Crippen molar-refractivity contribution in [3.05, 3.63) is 0 Å². The van der Waals surface area contributed by atoms with Crippen LogP contribution in [0.4, 0.5) is 0 Å². The van der Waals surface area contributed by atoms with E-state index in [4.69, 9.17) is 6.65 Å². The van der Waals surface area contributed by atoms with Crippen LogP contribution in [0.1, 0.15) is 103 Å². The summed E-state index contributed by atoms with van der Waals surface area (Å²) < 4.78 is 17.0. The Kier molecular flexibility index (Phi) is 9.34. The molecule has 9 rings (SSSR count). The molecule has 4 saturated carbocycles. The number of rotatable bonds is 0. The molecular formula is C32H56N8O2Ti. The van der Waals surface area contributed by atoms with Crippen molar-refractivity contribution in [2.75, 3.05) is 0 Å². The van der Waals surface area contributed by atoms with E-state index in [1.165, 1.54) is 103 Å². The molecule has 5 heterocycles. The molecule has 0 aromatic heterocycles. The monoisotopic (exact) mass is 632 g/mol. The summed E-state index contributed by atoms with van der Waals surface area (Å²) in [5, 5.41) is 33.8. The van der Waals surface area contributed by atoms with Gasteiger partial charge in [0, 0.05) is 0 Å². The van der Waals surface area contributed by atoms with Crippen molar-refractivity contribution in [3.8, 4) is 0 Å². The van der Waals surface area contributed by atoms with E-state index in [1.54, 1.807) is 0 Å². The van der Waals surface area contributed by atoms with Crippen molar-refractivity contribution >= 4 is 0 Å². The molecule has 11 heteroatoms. The van der Waals surface area contributed by atoms with Crippen LogP contribution in [0.3, 0.4) is 0 Å². The Morgan fingerprint density at radius 2 is 0.395 bits per heavy atom. The summed E-state index contributed by atoms with van der Waals surface area (Å²) in [5.74, 6) is 5.97. The van der Waals surface area contributed by atoms with Crippen LogP contribution in [0.15, 0.2) is 0 Å². The third-order valence-electron chi connectivity index (χ3n) is 13.8. The van der Waals surface area contributed by atoms with Gasteiger partial charge in [-0.1, -0.05) is 51.4 Å². The summed E-state index contributed by atoms with van der Waals surface area (Å²) in [4.78, 5) is 0. The second-order valence-corrected chi connectivity index (χ2v) is 15.9. The third kappa shape index (κ3) is 5.76. The Balaban J connectivity index is 0.000000892.